The molecule has 9 nitrogen and oxygen atoms in total. The average Bonchev–Trinajstić information content (AvgIpc) is 3.16. The third kappa shape index (κ3) is 4.01. The van der Waals surface area contributed by atoms with E-state index in [-0.39, 0.29) is 12.1 Å². The summed E-state index contributed by atoms with van der Waals surface area (Å²) in [6.45, 7) is 2.53. The van der Waals surface area contributed by atoms with Crippen molar-refractivity contribution in [2.75, 3.05) is 48.9 Å². The maximum Gasteiger partial charge on any atom is 0.340 e. The first-order chi connectivity index (χ1) is 15.1. The Morgan fingerprint density at radius 2 is 2.10 bits per heavy atom. The summed E-state index contributed by atoms with van der Waals surface area (Å²) in [6, 6.07) is 3.71. The first kappa shape index (κ1) is 20.3. The lowest BCUT2D eigenvalue weighted by Crippen LogP contribution is -2.54. The molecule has 5 heterocycles. The molecule has 0 unspecified atom stereocenters. The summed E-state index contributed by atoms with van der Waals surface area (Å²) in [6.07, 6.45) is 5.45. The summed E-state index contributed by atoms with van der Waals surface area (Å²) >= 11 is 0. The highest BCUT2D eigenvalue weighted by molar-refractivity contribution is 7.85. The van der Waals surface area contributed by atoms with Crippen molar-refractivity contribution in [1.82, 2.24) is 15.0 Å². The van der Waals surface area contributed by atoms with E-state index >= 15 is 0 Å². The minimum Gasteiger partial charge on any atom is -0.455 e. The number of hydrogen-bond acceptors (Lipinski definition) is 9. The number of fused-ring (bicyclic) bond motifs is 1. The zero-order valence-electron chi connectivity index (χ0n) is 17.4. The van der Waals surface area contributed by atoms with Gasteiger partial charge in [0.25, 0.3) is 0 Å². The van der Waals surface area contributed by atoms with Gasteiger partial charge in [0.2, 0.25) is 5.95 Å². The van der Waals surface area contributed by atoms with Crippen LogP contribution in [0.2, 0.25) is 0 Å². The van der Waals surface area contributed by atoms with Crippen molar-refractivity contribution in [1.29, 1.82) is 0 Å². The minimum atomic E-state index is -1.07. The van der Waals surface area contributed by atoms with Crippen molar-refractivity contribution >= 4 is 28.5 Å². The number of carbonyl (C=O) groups is 1. The molecule has 10 heteroatoms. The fourth-order valence-corrected chi connectivity index (χ4v) is 5.56. The monoisotopic (exact) mass is 443 g/mol. The van der Waals surface area contributed by atoms with Gasteiger partial charge in [0, 0.05) is 50.9 Å². The third-order valence-electron chi connectivity index (χ3n) is 6.03. The van der Waals surface area contributed by atoms with Crippen LogP contribution >= 0.6 is 0 Å². The third-order valence-corrected chi connectivity index (χ3v) is 7.48. The maximum absolute atomic E-state index is 12.6. The molecule has 31 heavy (non-hydrogen) atoms. The molecule has 0 spiro atoms. The molecule has 0 bridgehead atoms. The van der Waals surface area contributed by atoms with E-state index in [2.05, 4.69) is 9.88 Å². The predicted molar refractivity (Wildman–Crippen MR) is 115 cm³/mol. The smallest absolute Gasteiger partial charge is 0.340 e. The van der Waals surface area contributed by atoms with E-state index in [0.29, 0.717) is 42.8 Å². The second-order valence-electron chi connectivity index (χ2n) is 8.05. The van der Waals surface area contributed by atoms with E-state index in [4.69, 9.17) is 19.4 Å². The molecule has 0 aromatic carbocycles. The molecule has 2 saturated heterocycles. The van der Waals surface area contributed by atoms with Gasteiger partial charge in [-0.3, -0.25) is 9.19 Å². The Bertz CT molecular complexity index is 993. The number of rotatable bonds is 5. The molecule has 0 saturated carbocycles. The second-order valence-corrected chi connectivity index (χ2v) is 9.56. The highest BCUT2D eigenvalue weighted by atomic mass is 32.2. The molecule has 3 aliphatic rings. The van der Waals surface area contributed by atoms with Crippen molar-refractivity contribution in [3.63, 3.8) is 0 Å². The second kappa shape index (κ2) is 8.51. The van der Waals surface area contributed by atoms with Gasteiger partial charge >= 0.3 is 5.97 Å². The topological polar surface area (TPSA) is 97.8 Å². The molecule has 164 valence electrons. The summed E-state index contributed by atoms with van der Waals surface area (Å²) in [7, 11) is 0.953. The molecular weight excluding hydrogens is 418 g/mol. The van der Waals surface area contributed by atoms with Crippen LogP contribution in [0.1, 0.15) is 28.9 Å². The number of anilines is 2. The highest BCUT2D eigenvalue weighted by Gasteiger charge is 2.36. The Labute approximate surface area is 183 Å². The SMILES string of the molecule is CN(c1nc(N2CC(OC(=O)c3cccnc3)C2)nc2c1[S@](=O)CC2)C1CCOCC1. The van der Waals surface area contributed by atoms with Crippen molar-refractivity contribution in [3.8, 4) is 0 Å². The number of carbonyl (C=O) groups excluding carboxylic acids is 1. The Kier molecular flexibility index (Phi) is 5.58. The number of aryl methyl sites for hydroxylation is 1. The van der Waals surface area contributed by atoms with Gasteiger partial charge in [0.1, 0.15) is 11.0 Å². The number of pyridine rings is 1. The van der Waals surface area contributed by atoms with Gasteiger partial charge in [-0.25, -0.2) is 9.78 Å². The van der Waals surface area contributed by atoms with E-state index in [1.807, 2.05) is 11.9 Å². The van der Waals surface area contributed by atoms with E-state index in [0.717, 1.165) is 42.5 Å². The number of aromatic nitrogens is 3. The van der Waals surface area contributed by atoms with Crippen LogP contribution in [0.3, 0.4) is 0 Å². The van der Waals surface area contributed by atoms with Crippen LogP contribution in [0.25, 0.3) is 0 Å². The first-order valence-electron chi connectivity index (χ1n) is 10.6. The Morgan fingerprint density at radius 3 is 2.84 bits per heavy atom. The van der Waals surface area contributed by atoms with E-state index in [1.54, 1.807) is 18.3 Å². The Hall–Kier alpha value is -2.59. The van der Waals surface area contributed by atoms with Crippen LogP contribution in [0.15, 0.2) is 29.4 Å². The summed E-state index contributed by atoms with van der Waals surface area (Å²) in [5, 5.41) is 0. The van der Waals surface area contributed by atoms with Crippen LogP contribution < -0.4 is 9.80 Å². The standard InChI is InChI=1S/C21H25N5O4S/c1-25(15-4-8-29-9-5-15)19-18-17(6-10-31(18)28)23-21(24-19)26-12-16(13-26)30-20(27)14-3-2-7-22-11-14/h2-3,7,11,15-16H,4-6,8-10,12-13H2,1H3/t31-/m1/s1. The maximum atomic E-state index is 12.6. The Balaban J connectivity index is 1.31. The van der Waals surface area contributed by atoms with Gasteiger partial charge < -0.3 is 19.3 Å². The first-order valence-corrected chi connectivity index (χ1v) is 11.9. The number of nitrogens with zero attached hydrogens (tertiary/aromatic N) is 5. The molecule has 0 N–H and O–H groups in total. The summed E-state index contributed by atoms with van der Waals surface area (Å²) in [5.74, 6) is 1.59. The molecule has 5 rings (SSSR count). The molecule has 0 aliphatic carbocycles. The van der Waals surface area contributed by atoms with Gasteiger partial charge in [-0.2, -0.15) is 4.98 Å². The fraction of sp³-hybridized carbons (Fsp3) is 0.524. The molecule has 2 fully saturated rings. The van der Waals surface area contributed by atoms with Crippen LogP contribution in [0.5, 0.6) is 0 Å². The minimum absolute atomic E-state index is 0.213. The zero-order chi connectivity index (χ0) is 21.4. The van der Waals surface area contributed by atoms with Gasteiger partial charge in [-0.1, -0.05) is 0 Å². The predicted octanol–water partition coefficient (Wildman–Crippen LogP) is 1.20. The summed E-state index contributed by atoms with van der Waals surface area (Å²) in [4.78, 5) is 30.6. The number of hydrogen-bond donors (Lipinski definition) is 0. The number of esters is 1. The molecule has 3 aliphatic heterocycles. The van der Waals surface area contributed by atoms with Gasteiger partial charge in [0.05, 0.1) is 35.1 Å². The molecule has 1 atom stereocenters. The van der Waals surface area contributed by atoms with Crippen molar-refractivity contribution in [3.05, 3.63) is 35.8 Å². The van der Waals surface area contributed by atoms with Crippen LogP contribution in [0, 0.1) is 0 Å². The van der Waals surface area contributed by atoms with Gasteiger partial charge in [-0.15, -0.1) is 0 Å². The highest BCUT2D eigenvalue weighted by Crippen LogP contribution is 2.34. The van der Waals surface area contributed by atoms with Gasteiger partial charge in [-0.05, 0) is 25.0 Å². The summed E-state index contributed by atoms with van der Waals surface area (Å²) in [5.41, 5.74) is 1.31. The lowest BCUT2D eigenvalue weighted by atomic mass is 10.1. The molecule has 0 radical (unpaired) electrons. The van der Waals surface area contributed by atoms with Crippen LogP contribution in [-0.2, 0) is 26.7 Å². The van der Waals surface area contributed by atoms with Crippen molar-refractivity contribution in [2.24, 2.45) is 0 Å². The zero-order valence-corrected chi connectivity index (χ0v) is 18.2. The van der Waals surface area contributed by atoms with Crippen molar-refractivity contribution in [2.45, 2.75) is 36.3 Å². The van der Waals surface area contributed by atoms with Crippen LogP contribution in [0.4, 0.5) is 11.8 Å². The molecule has 2 aromatic rings. The van der Waals surface area contributed by atoms with E-state index in [9.17, 15) is 9.00 Å². The van der Waals surface area contributed by atoms with Gasteiger partial charge in [0.15, 0.2) is 5.82 Å². The van der Waals surface area contributed by atoms with E-state index in [1.165, 1.54) is 6.20 Å². The normalized spacial score (nSPS) is 21.5. The largest absolute Gasteiger partial charge is 0.455 e. The lowest BCUT2D eigenvalue weighted by molar-refractivity contribution is 0.0231. The Morgan fingerprint density at radius 1 is 1.29 bits per heavy atom. The lowest BCUT2D eigenvalue weighted by Gasteiger charge is -2.39. The number of ether oxygens (including phenoxy) is 2. The molecule has 2 aromatic heterocycles. The summed E-state index contributed by atoms with van der Waals surface area (Å²) < 4.78 is 23.7. The van der Waals surface area contributed by atoms with E-state index < -0.39 is 10.8 Å². The molecular formula is C21H25N5O4S. The molecule has 0 amide bonds. The fourth-order valence-electron chi connectivity index (χ4n) is 4.17. The average molecular weight is 444 g/mol. The van der Waals surface area contributed by atoms with Crippen molar-refractivity contribution < 1.29 is 18.5 Å². The quantitative estimate of drug-likeness (QED) is 0.631. The van der Waals surface area contributed by atoms with Crippen LogP contribution in [-0.4, -0.2) is 76.4 Å².